The Bertz CT molecular complexity index is 617. The van der Waals surface area contributed by atoms with Crippen LogP contribution >= 0.6 is 0 Å². The van der Waals surface area contributed by atoms with Crippen molar-refractivity contribution in [3.63, 3.8) is 0 Å². The summed E-state index contributed by atoms with van der Waals surface area (Å²) in [7, 11) is 0. The van der Waals surface area contributed by atoms with Gasteiger partial charge < -0.3 is 4.74 Å². The molecule has 2 fully saturated rings. The molecule has 0 aliphatic heterocycles. The van der Waals surface area contributed by atoms with Crippen molar-refractivity contribution >= 4 is 0 Å². The monoisotopic (exact) mass is 390 g/mol. The minimum atomic E-state index is -0.236. The first kappa shape index (κ1) is 21.5. The van der Waals surface area contributed by atoms with E-state index < -0.39 is 0 Å². The Balaban J connectivity index is 1.64. The van der Waals surface area contributed by atoms with Crippen molar-refractivity contribution in [3.8, 4) is 0 Å². The molecule has 2 unspecified atom stereocenters. The van der Waals surface area contributed by atoms with Crippen LogP contribution in [0, 0.1) is 23.6 Å². The van der Waals surface area contributed by atoms with Gasteiger partial charge in [0.15, 0.2) is 0 Å². The van der Waals surface area contributed by atoms with Gasteiger partial charge >= 0.3 is 0 Å². The van der Waals surface area contributed by atoms with Gasteiger partial charge in [-0.25, -0.2) is 4.39 Å². The molecule has 2 aliphatic rings. The molecule has 1 aromatic rings. The predicted octanol–water partition coefficient (Wildman–Crippen LogP) is 7.53. The molecule has 0 bridgehead atoms. The zero-order valence-electron chi connectivity index (χ0n) is 17.3. The van der Waals surface area contributed by atoms with Gasteiger partial charge in [-0.3, -0.25) is 4.39 Å². The van der Waals surface area contributed by atoms with Crippen molar-refractivity contribution in [1.82, 2.24) is 0 Å². The van der Waals surface area contributed by atoms with E-state index in [1.165, 1.54) is 12.8 Å². The Labute approximate surface area is 169 Å². The Hall–Kier alpha value is -1.22. The Kier molecular flexibility index (Phi) is 8.08. The van der Waals surface area contributed by atoms with E-state index in [0.717, 1.165) is 62.7 Å². The molecular weight excluding hydrogens is 354 g/mol. The second-order valence-corrected chi connectivity index (χ2v) is 8.88. The lowest BCUT2D eigenvalue weighted by Gasteiger charge is -2.28. The number of allylic oxidation sites excluding steroid dienone is 1. The third-order valence-electron chi connectivity index (χ3n) is 6.78. The molecule has 0 aromatic heterocycles. The summed E-state index contributed by atoms with van der Waals surface area (Å²) in [5, 5.41) is 0. The van der Waals surface area contributed by atoms with E-state index in [1.807, 2.05) is 12.1 Å². The average molecular weight is 391 g/mol. The first-order valence-corrected chi connectivity index (χ1v) is 11.2. The highest BCUT2D eigenvalue weighted by atomic mass is 19.1. The Morgan fingerprint density at radius 1 is 1.18 bits per heavy atom. The first-order chi connectivity index (χ1) is 13.7. The van der Waals surface area contributed by atoms with Gasteiger partial charge in [0.2, 0.25) is 0 Å². The maximum Gasteiger partial charge on any atom is 0.127 e. The Morgan fingerprint density at radius 3 is 2.50 bits per heavy atom. The highest BCUT2D eigenvalue weighted by Crippen LogP contribution is 2.45. The second-order valence-electron chi connectivity index (χ2n) is 8.88. The molecule has 1 nitrogen and oxygen atoms in total. The van der Waals surface area contributed by atoms with E-state index in [9.17, 15) is 8.78 Å². The van der Waals surface area contributed by atoms with E-state index in [0.29, 0.717) is 11.8 Å². The van der Waals surface area contributed by atoms with Crippen LogP contribution in [0.4, 0.5) is 8.78 Å². The molecule has 0 spiro atoms. The van der Waals surface area contributed by atoms with Crippen LogP contribution in [0.5, 0.6) is 0 Å². The molecule has 0 amide bonds. The predicted molar refractivity (Wildman–Crippen MR) is 112 cm³/mol. The van der Waals surface area contributed by atoms with Crippen LogP contribution in [0.15, 0.2) is 30.9 Å². The van der Waals surface area contributed by atoms with Crippen molar-refractivity contribution in [2.45, 2.75) is 76.7 Å². The van der Waals surface area contributed by atoms with Crippen molar-refractivity contribution in [3.05, 3.63) is 47.8 Å². The quantitative estimate of drug-likeness (QED) is 0.355. The number of rotatable bonds is 11. The van der Waals surface area contributed by atoms with E-state index >= 15 is 0 Å². The van der Waals surface area contributed by atoms with Gasteiger partial charge in [-0.15, -0.1) is 6.58 Å². The maximum absolute atomic E-state index is 14.9. The highest BCUT2D eigenvalue weighted by Gasteiger charge is 2.34. The molecule has 2 atom stereocenters. The smallest absolute Gasteiger partial charge is 0.127 e. The van der Waals surface area contributed by atoms with Gasteiger partial charge in [0, 0.05) is 0 Å². The van der Waals surface area contributed by atoms with E-state index in [4.69, 9.17) is 4.74 Å². The topological polar surface area (TPSA) is 9.23 Å². The molecular formula is C25H36F2O. The van der Waals surface area contributed by atoms with Crippen molar-refractivity contribution in [1.29, 1.82) is 0 Å². The number of alkyl halides is 1. The largest absolute Gasteiger partial charge is 0.373 e. The zero-order chi connectivity index (χ0) is 19.9. The summed E-state index contributed by atoms with van der Waals surface area (Å²) in [4.78, 5) is 0. The SMILES string of the molecule is C=CCCC(CC)COC(c1ccc(C2CCC(CF)CC2)c(F)c1)C1CC1. The number of benzene rings is 1. The van der Waals surface area contributed by atoms with E-state index in [2.05, 4.69) is 19.6 Å². The lowest BCUT2D eigenvalue weighted by molar-refractivity contribution is 0.0119. The van der Waals surface area contributed by atoms with Crippen LogP contribution in [-0.2, 0) is 4.74 Å². The van der Waals surface area contributed by atoms with Gasteiger partial charge in [0.25, 0.3) is 0 Å². The fourth-order valence-corrected chi connectivity index (χ4v) is 4.58. The lowest BCUT2D eigenvalue weighted by Crippen LogP contribution is -2.17. The fraction of sp³-hybridized carbons (Fsp3) is 0.680. The van der Waals surface area contributed by atoms with Gasteiger partial charge in [-0.05, 0) is 92.2 Å². The normalized spacial score (nSPS) is 24.7. The van der Waals surface area contributed by atoms with Crippen LogP contribution in [0.2, 0.25) is 0 Å². The summed E-state index contributed by atoms with van der Waals surface area (Å²) in [5.41, 5.74) is 1.80. The van der Waals surface area contributed by atoms with Crippen LogP contribution in [0.1, 0.15) is 87.9 Å². The minimum Gasteiger partial charge on any atom is -0.373 e. The van der Waals surface area contributed by atoms with Crippen molar-refractivity contribution < 1.29 is 13.5 Å². The van der Waals surface area contributed by atoms with Gasteiger partial charge in [-0.2, -0.15) is 0 Å². The van der Waals surface area contributed by atoms with Crippen LogP contribution in [-0.4, -0.2) is 13.3 Å². The van der Waals surface area contributed by atoms with E-state index in [-0.39, 0.29) is 30.4 Å². The molecule has 2 saturated carbocycles. The molecule has 1 aromatic carbocycles. The molecule has 2 aliphatic carbocycles. The van der Waals surface area contributed by atoms with Gasteiger partial charge in [0.05, 0.1) is 19.4 Å². The van der Waals surface area contributed by atoms with E-state index in [1.54, 1.807) is 6.07 Å². The standard InChI is InChI=1S/C25H36F2O/c1-3-5-6-18(4-2)17-28-25(21-11-12-21)22-13-14-23(24(27)15-22)20-9-7-19(16-26)8-10-20/h3,13-15,18-21,25H,1,4-12,16-17H2,2H3. The van der Waals surface area contributed by atoms with Crippen molar-refractivity contribution in [2.75, 3.05) is 13.3 Å². The number of halogens is 2. The molecule has 0 N–H and O–H groups in total. The highest BCUT2D eigenvalue weighted by molar-refractivity contribution is 5.30. The fourth-order valence-electron chi connectivity index (χ4n) is 4.58. The first-order valence-electron chi connectivity index (χ1n) is 11.2. The number of ether oxygens (including phenoxy) is 1. The summed E-state index contributed by atoms with van der Waals surface area (Å²) in [6, 6.07) is 5.76. The van der Waals surface area contributed by atoms with Gasteiger partial charge in [-0.1, -0.05) is 31.6 Å². The molecule has 0 radical (unpaired) electrons. The Morgan fingerprint density at radius 2 is 1.93 bits per heavy atom. The molecule has 3 rings (SSSR count). The molecule has 0 saturated heterocycles. The van der Waals surface area contributed by atoms with Crippen LogP contribution in [0.3, 0.4) is 0 Å². The van der Waals surface area contributed by atoms with Crippen LogP contribution in [0.25, 0.3) is 0 Å². The van der Waals surface area contributed by atoms with Gasteiger partial charge in [0.1, 0.15) is 5.82 Å². The molecule has 0 heterocycles. The lowest BCUT2D eigenvalue weighted by atomic mass is 9.79. The maximum atomic E-state index is 14.9. The number of hydrogen-bond acceptors (Lipinski definition) is 1. The second kappa shape index (κ2) is 10.5. The zero-order valence-corrected chi connectivity index (χ0v) is 17.3. The minimum absolute atomic E-state index is 0.0172. The molecule has 156 valence electrons. The third-order valence-corrected chi connectivity index (χ3v) is 6.78. The third kappa shape index (κ3) is 5.65. The summed E-state index contributed by atoms with van der Waals surface area (Å²) in [5.74, 6) is 1.38. The summed E-state index contributed by atoms with van der Waals surface area (Å²) in [6.45, 7) is 6.52. The van der Waals surface area contributed by atoms with Crippen molar-refractivity contribution in [2.24, 2.45) is 17.8 Å². The number of hydrogen-bond donors (Lipinski definition) is 0. The molecule has 3 heteroatoms. The molecule has 28 heavy (non-hydrogen) atoms. The summed E-state index contributed by atoms with van der Waals surface area (Å²) < 4.78 is 34.1. The summed E-state index contributed by atoms with van der Waals surface area (Å²) >= 11 is 0. The summed E-state index contributed by atoms with van der Waals surface area (Å²) in [6.07, 6.45) is 11.1. The van der Waals surface area contributed by atoms with Crippen LogP contribution < -0.4 is 0 Å². The average Bonchev–Trinajstić information content (AvgIpc) is 3.56.